The lowest BCUT2D eigenvalue weighted by Crippen LogP contribution is -2.11. The van der Waals surface area contributed by atoms with E-state index in [0.29, 0.717) is 17.2 Å². The van der Waals surface area contributed by atoms with E-state index in [0.717, 1.165) is 17.7 Å². The van der Waals surface area contributed by atoms with Crippen LogP contribution in [0, 0.1) is 0 Å². The summed E-state index contributed by atoms with van der Waals surface area (Å²) in [4.78, 5) is 14.5. The number of fused-ring (bicyclic) bond motifs is 1. The molecule has 3 rings (SSSR count). The minimum Gasteiger partial charge on any atom is -0.497 e. The molecule has 0 fully saturated rings. The first-order valence-electron chi connectivity index (χ1n) is 6.86. The number of hydrogen-bond acceptors (Lipinski definition) is 4. The van der Waals surface area contributed by atoms with Gasteiger partial charge in [0.05, 0.1) is 24.8 Å². The molecule has 1 heterocycles. The number of hydrogen-bond donors (Lipinski definition) is 1. The van der Waals surface area contributed by atoms with Gasteiger partial charge < -0.3 is 14.8 Å². The van der Waals surface area contributed by atoms with Crippen molar-refractivity contribution in [3.63, 3.8) is 0 Å². The predicted molar refractivity (Wildman–Crippen MR) is 83.8 cm³/mol. The van der Waals surface area contributed by atoms with E-state index in [1.54, 1.807) is 43.8 Å². The minimum absolute atomic E-state index is 0.0853. The molecular weight excluding hydrogens is 286 g/mol. The zero-order valence-corrected chi connectivity index (χ0v) is 12.9. The van der Waals surface area contributed by atoms with Crippen molar-refractivity contribution in [3.05, 3.63) is 39.6 Å². The van der Waals surface area contributed by atoms with E-state index in [-0.39, 0.29) is 5.91 Å². The summed E-state index contributed by atoms with van der Waals surface area (Å²) in [5, 5.41) is 2.91. The fourth-order valence-corrected chi connectivity index (χ4v) is 3.68. The molecule has 1 aromatic carbocycles. The first-order valence-corrected chi connectivity index (χ1v) is 7.68. The Morgan fingerprint density at radius 2 is 2.05 bits per heavy atom. The van der Waals surface area contributed by atoms with Gasteiger partial charge in [-0.1, -0.05) is 0 Å². The second-order valence-corrected chi connectivity index (χ2v) is 6.07. The highest BCUT2D eigenvalue weighted by molar-refractivity contribution is 7.14. The fraction of sp³-hybridized carbons (Fsp3) is 0.312. The molecule has 0 aliphatic heterocycles. The lowest BCUT2D eigenvalue weighted by atomic mass is 10.2. The number of carbonyl (C=O) groups excluding carboxylic acids is 1. The van der Waals surface area contributed by atoms with Crippen LogP contribution in [0.2, 0.25) is 0 Å². The van der Waals surface area contributed by atoms with Crippen molar-refractivity contribution in [1.29, 1.82) is 0 Å². The predicted octanol–water partition coefficient (Wildman–Crippen LogP) is 3.51. The summed E-state index contributed by atoms with van der Waals surface area (Å²) in [6.07, 6.45) is 3.39. The Labute approximate surface area is 127 Å². The van der Waals surface area contributed by atoms with Crippen LogP contribution in [0.15, 0.2) is 24.3 Å². The largest absolute Gasteiger partial charge is 0.497 e. The number of anilines is 1. The van der Waals surface area contributed by atoms with E-state index < -0.39 is 0 Å². The number of benzene rings is 1. The highest BCUT2D eigenvalue weighted by Crippen LogP contribution is 2.33. The fourth-order valence-electron chi connectivity index (χ4n) is 2.53. The Morgan fingerprint density at radius 3 is 2.76 bits per heavy atom. The van der Waals surface area contributed by atoms with Crippen LogP contribution in [-0.4, -0.2) is 20.1 Å². The summed E-state index contributed by atoms with van der Waals surface area (Å²) in [5.41, 5.74) is 1.98. The van der Waals surface area contributed by atoms with Crippen LogP contribution in [0.4, 0.5) is 5.69 Å². The molecule has 0 saturated heterocycles. The monoisotopic (exact) mass is 303 g/mol. The van der Waals surface area contributed by atoms with Gasteiger partial charge in [-0.05, 0) is 43.0 Å². The van der Waals surface area contributed by atoms with Crippen molar-refractivity contribution >= 4 is 22.9 Å². The second-order valence-electron chi connectivity index (χ2n) is 4.93. The summed E-state index contributed by atoms with van der Waals surface area (Å²) in [7, 11) is 3.17. The molecule has 0 radical (unpaired) electrons. The van der Waals surface area contributed by atoms with Crippen LogP contribution in [0.3, 0.4) is 0 Å². The standard InChI is InChI=1S/C16H17NO3S/c1-19-11-6-7-12(13(9-11)20-2)17-16(18)15-8-10-4-3-5-14(10)21-15/h6-9H,3-5H2,1-2H3,(H,17,18). The van der Waals surface area contributed by atoms with Crippen LogP contribution in [0.25, 0.3) is 0 Å². The Balaban J connectivity index is 1.80. The normalized spacial score (nSPS) is 12.9. The third-order valence-corrected chi connectivity index (χ3v) is 4.86. The third kappa shape index (κ3) is 2.74. The molecule has 1 aliphatic rings. The molecule has 2 aromatic rings. The molecule has 1 amide bonds. The highest BCUT2D eigenvalue weighted by Gasteiger charge is 2.19. The molecule has 0 unspecified atom stereocenters. The van der Waals surface area contributed by atoms with Gasteiger partial charge in [-0.2, -0.15) is 0 Å². The molecule has 0 spiro atoms. The van der Waals surface area contributed by atoms with Crippen LogP contribution in [0.1, 0.15) is 26.5 Å². The van der Waals surface area contributed by atoms with E-state index in [4.69, 9.17) is 9.47 Å². The summed E-state index contributed by atoms with van der Waals surface area (Å²) in [6.45, 7) is 0. The highest BCUT2D eigenvalue weighted by atomic mass is 32.1. The molecule has 1 aromatic heterocycles. The van der Waals surface area contributed by atoms with Gasteiger partial charge in [0.1, 0.15) is 11.5 Å². The van der Waals surface area contributed by atoms with Crippen molar-refractivity contribution in [2.24, 2.45) is 0 Å². The number of rotatable bonds is 4. The zero-order valence-electron chi connectivity index (χ0n) is 12.1. The zero-order chi connectivity index (χ0) is 14.8. The number of methoxy groups -OCH3 is 2. The number of ether oxygens (including phenoxy) is 2. The molecule has 4 nitrogen and oxygen atoms in total. The molecule has 0 saturated carbocycles. The average molecular weight is 303 g/mol. The summed E-state index contributed by atoms with van der Waals surface area (Å²) < 4.78 is 10.4. The van der Waals surface area contributed by atoms with Crippen molar-refractivity contribution in [3.8, 4) is 11.5 Å². The van der Waals surface area contributed by atoms with Gasteiger partial charge in [0, 0.05) is 10.9 Å². The van der Waals surface area contributed by atoms with Crippen LogP contribution >= 0.6 is 11.3 Å². The number of carbonyl (C=O) groups is 1. The molecule has 1 aliphatic carbocycles. The average Bonchev–Trinajstić information content (AvgIpc) is 3.08. The quantitative estimate of drug-likeness (QED) is 0.940. The van der Waals surface area contributed by atoms with Gasteiger partial charge in [-0.25, -0.2) is 0 Å². The van der Waals surface area contributed by atoms with Crippen molar-refractivity contribution in [1.82, 2.24) is 0 Å². The molecule has 21 heavy (non-hydrogen) atoms. The van der Waals surface area contributed by atoms with E-state index in [9.17, 15) is 4.79 Å². The topological polar surface area (TPSA) is 47.6 Å². The van der Waals surface area contributed by atoms with Gasteiger partial charge in [-0.15, -0.1) is 11.3 Å². The summed E-state index contributed by atoms with van der Waals surface area (Å²) >= 11 is 1.59. The van der Waals surface area contributed by atoms with E-state index in [2.05, 4.69) is 5.32 Å². The number of thiophene rings is 1. The first kappa shape index (κ1) is 13.9. The second kappa shape index (κ2) is 5.77. The van der Waals surface area contributed by atoms with Crippen LogP contribution in [-0.2, 0) is 12.8 Å². The Kier molecular flexibility index (Phi) is 3.84. The summed E-state index contributed by atoms with van der Waals surface area (Å²) in [6, 6.07) is 7.35. The molecule has 110 valence electrons. The van der Waals surface area contributed by atoms with Crippen molar-refractivity contribution in [2.75, 3.05) is 19.5 Å². The van der Waals surface area contributed by atoms with Crippen LogP contribution < -0.4 is 14.8 Å². The first-order chi connectivity index (χ1) is 10.2. The van der Waals surface area contributed by atoms with Gasteiger partial charge in [0.25, 0.3) is 5.91 Å². The number of amides is 1. The molecular formula is C16H17NO3S. The Morgan fingerprint density at radius 1 is 1.19 bits per heavy atom. The van der Waals surface area contributed by atoms with E-state index in [1.807, 2.05) is 6.07 Å². The smallest absolute Gasteiger partial charge is 0.265 e. The van der Waals surface area contributed by atoms with Gasteiger partial charge in [0.2, 0.25) is 0 Å². The molecule has 0 bridgehead atoms. The van der Waals surface area contributed by atoms with Gasteiger partial charge in [-0.3, -0.25) is 4.79 Å². The maximum absolute atomic E-state index is 12.4. The number of aryl methyl sites for hydroxylation is 2. The lowest BCUT2D eigenvalue weighted by Gasteiger charge is -2.11. The lowest BCUT2D eigenvalue weighted by molar-refractivity contribution is 0.103. The van der Waals surface area contributed by atoms with E-state index in [1.165, 1.54) is 16.9 Å². The maximum Gasteiger partial charge on any atom is 0.265 e. The molecule has 0 atom stereocenters. The number of nitrogens with one attached hydrogen (secondary N) is 1. The SMILES string of the molecule is COc1ccc(NC(=O)c2cc3c(s2)CCC3)c(OC)c1. The van der Waals surface area contributed by atoms with Crippen LogP contribution in [0.5, 0.6) is 11.5 Å². The Bertz CT molecular complexity index is 657. The minimum atomic E-state index is -0.0853. The molecule has 5 heteroatoms. The Hall–Kier alpha value is -2.01. The van der Waals surface area contributed by atoms with Crippen molar-refractivity contribution < 1.29 is 14.3 Å². The third-order valence-electron chi connectivity index (χ3n) is 3.63. The molecule has 1 N–H and O–H groups in total. The maximum atomic E-state index is 12.4. The van der Waals surface area contributed by atoms with Gasteiger partial charge in [0.15, 0.2) is 0 Å². The van der Waals surface area contributed by atoms with Gasteiger partial charge >= 0.3 is 0 Å². The summed E-state index contributed by atoms with van der Waals surface area (Å²) in [5.74, 6) is 1.20. The van der Waals surface area contributed by atoms with Crippen molar-refractivity contribution in [2.45, 2.75) is 19.3 Å². The van der Waals surface area contributed by atoms with E-state index >= 15 is 0 Å².